The second kappa shape index (κ2) is 5.75. The molecule has 2 heteroatoms. The molecule has 2 rings (SSSR count). The standard InChI is InChI=1S/C16H26N2/c1-16(2,3)17-11-6-7-12-18-13-10-14-8-4-5-9-15(14)18/h4-5,8-9,17H,6-7,10-13H2,1-3H3. The second-order valence-corrected chi connectivity index (χ2v) is 6.25. The van der Waals surface area contributed by atoms with Crippen molar-refractivity contribution >= 4 is 5.69 Å². The summed E-state index contributed by atoms with van der Waals surface area (Å²) in [5.74, 6) is 0. The largest absolute Gasteiger partial charge is 0.371 e. The molecule has 18 heavy (non-hydrogen) atoms. The third-order valence-corrected chi connectivity index (χ3v) is 3.49. The number of hydrogen-bond acceptors (Lipinski definition) is 2. The van der Waals surface area contributed by atoms with E-state index in [0.29, 0.717) is 0 Å². The minimum atomic E-state index is 0.250. The number of fused-ring (bicyclic) bond motifs is 1. The smallest absolute Gasteiger partial charge is 0.0399 e. The Hall–Kier alpha value is -1.02. The molecule has 0 saturated carbocycles. The third kappa shape index (κ3) is 3.74. The summed E-state index contributed by atoms with van der Waals surface area (Å²) in [5.41, 5.74) is 3.23. The van der Waals surface area contributed by atoms with Crippen molar-refractivity contribution in [2.45, 2.75) is 45.6 Å². The molecule has 1 aliphatic rings. The van der Waals surface area contributed by atoms with E-state index in [1.165, 1.54) is 43.6 Å². The van der Waals surface area contributed by atoms with Crippen LogP contribution in [0.15, 0.2) is 24.3 Å². The number of unbranched alkanes of at least 4 members (excludes halogenated alkanes) is 1. The van der Waals surface area contributed by atoms with Crippen molar-refractivity contribution in [3.63, 3.8) is 0 Å². The van der Waals surface area contributed by atoms with Crippen LogP contribution in [0.3, 0.4) is 0 Å². The van der Waals surface area contributed by atoms with E-state index in [2.05, 4.69) is 55.3 Å². The molecule has 0 aromatic heterocycles. The van der Waals surface area contributed by atoms with Crippen molar-refractivity contribution in [3.8, 4) is 0 Å². The van der Waals surface area contributed by atoms with E-state index < -0.39 is 0 Å². The van der Waals surface area contributed by atoms with Crippen molar-refractivity contribution in [3.05, 3.63) is 29.8 Å². The van der Waals surface area contributed by atoms with Crippen LogP contribution in [0, 0.1) is 0 Å². The van der Waals surface area contributed by atoms with E-state index in [1.54, 1.807) is 0 Å². The summed E-state index contributed by atoms with van der Waals surface area (Å²) in [4.78, 5) is 2.53. The van der Waals surface area contributed by atoms with Gasteiger partial charge in [-0.3, -0.25) is 0 Å². The number of para-hydroxylation sites is 1. The lowest BCUT2D eigenvalue weighted by Gasteiger charge is -2.22. The molecular formula is C16H26N2. The van der Waals surface area contributed by atoms with Crippen LogP contribution in [0.4, 0.5) is 5.69 Å². The molecule has 2 nitrogen and oxygen atoms in total. The molecule has 0 spiro atoms. The van der Waals surface area contributed by atoms with Crippen molar-refractivity contribution in [2.75, 3.05) is 24.5 Å². The minimum absolute atomic E-state index is 0.250. The fourth-order valence-electron chi connectivity index (χ4n) is 2.53. The Kier molecular flexibility index (Phi) is 4.28. The van der Waals surface area contributed by atoms with E-state index in [9.17, 15) is 0 Å². The summed E-state index contributed by atoms with van der Waals surface area (Å²) in [6, 6.07) is 8.82. The molecule has 1 N–H and O–H groups in total. The Labute approximate surface area is 111 Å². The number of nitrogens with one attached hydrogen (secondary N) is 1. The van der Waals surface area contributed by atoms with Gasteiger partial charge in [0.15, 0.2) is 0 Å². The summed E-state index contributed by atoms with van der Waals surface area (Å²) in [6.07, 6.45) is 3.75. The molecule has 0 bridgehead atoms. The van der Waals surface area contributed by atoms with Gasteiger partial charge >= 0.3 is 0 Å². The molecule has 1 heterocycles. The lowest BCUT2D eigenvalue weighted by Crippen LogP contribution is -2.36. The topological polar surface area (TPSA) is 15.3 Å². The average molecular weight is 246 g/mol. The van der Waals surface area contributed by atoms with Gasteiger partial charge in [0.2, 0.25) is 0 Å². The highest BCUT2D eigenvalue weighted by Crippen LogP contribution is 2.27. The summed E-state index contributed by atoms with van der Waals surface area (Å²) >= 11 is 0. The Morgan fingerprint density at radius 2 is 1.94 bits per heavy atom. The van der Waals surface area contributed by atoms with Crippen LogP contribution in [0.2, 0.25) is 0 Å². The van der Waals surface area contributed by atoms with E-state index in [0.717, 1.165) is 6.54 Å². The Balaban J connectivity index is 1.70. The highest BCUT2D eigenvalue weighted by Gasteiger charge is 2.17. The van der Waals surface area contributed by atoms with Gasteiger partial charge in [-0.25, -0.2) is 0 Å². The van der Waals surface area contributed by atoms with E-state index >= 15 is 0 Å². The van der Waals surface area contributed by atoms with Gasteiger partial charge in [-0.1, -0.05) is 18.2 Å². The number of anilines is 1. The van der Waals surface area contributed by atoms with E-state index in [-0.39, 0.29) is 5.54 Å². The maximum atomic E-state index is 3.55. The number of nitrogens with zero attached hydrogens (tertiary/aromatic N) is 1. The van der Waals surface area contributed by atoms with Crippen LogP contribution in [0.25, 0.3) is 0 Å². The zero-order valence-corrected chi connectivity index (χ0v) is 12.0. The highest BCUT2D eigenvalue weighted by molar-refractivity contribution is 5.57. The predicted octanol–water partition coefficient (Wildman–Crippen LogP) is 3.22. The summed E-state index contributed by atoms with van der Waals surface area (Å²) in [5, 5.41) is 3.55. The Bertz CT molecular complexity index is 379. The fraction of sp³-hybridized carbons (Fsp3) is 0.625. The van der Waals surface area contributed by atoms with Gasteiger partial charge in [0.1, 0.15) is 0 Å². The van der Waals surface area contributed by atoms with Gasteiger partial charge in [0.05, 0.1) is 0 Å². The zero-order chi connectivity index (χ0) is 13.0. The van der Waals surface area contributed by atoms with Gasteiger partial charge in [-0.05, 0) is 58.2 Å². The van der Waals surface area contributed by atoms with Gasteiger partial charge in [-0.15, -0.1) is 0 Å². The van der Waals surface area contributed by atoms with Crippen LogP contribution in [0.1, 0.15) is 39.2 Å². The lowest BCUT2D eigenvalue weighted by atomic mass is 10.1. The highest BCUT2D eigenvalue weighted by atomic mass is 15.1. The molecule has 1 aliphatic heterocycles. The SMILES string of the molecule is CC(C)(C)NCCCCN1CCc2ccccc21. The number of benzene rings is 1. The summed E-state index contributed by atoms with van der Waals surface area (Å²) in [7, 11) is 0. The van der Waals surface area contributed by atoms with Crippen LogP contribution < -0.4 is 10.2 Å². The van der Waals surface area contributed by atoms with Crippen LogP contribution in [-0.4, -0.2) is 25.2 Å². The first-order valence-electron chi connectivity index (χ1n) is 7.14. The normalized spacial score (nSPS) is 14.9. The van der Waals surface area contributed by atoms with Gasteiger partial charge < -0.3 is 10.2 Å². The van der Waals surface area contributed by atoms with Gasteiger partial charge in [0.25, 0.3) is 0 Å². The van der Waals surface area contributed by atoms with E-state index in [4.69, 9.17) is 0 Å². The quantitative estimate of drug-likeness (QED) is 0.803. The summed E-state index contributed by atoms with van der Waals surface area (Å²) < 4.78 is 0. The molecule has 0 aliphatic carbocycles. The molecule has 1 aromatic carbocycles. The number of hydrogen-bond donors (Lipinski definition) is 1. The fourth-order valence-corrected chi connectivity index (χ4v) is 2.53. The van der Waals surface area contributed by atoms with Crippen molar-refractivity contribution in [2.24, 2.45) is 0 Å². The third-order valence-electron chi connectivity index (χ3n) is 3.49. The molecule has 0 amide bonds. The molecule has 0 atom stereocenters. The van der Waals surface area contributed by atoms with Gasteiger partial charge in [-0.2, -0.15) is 0 Å². The average Bonchev–Trinajstić information content (AvgIpc) is 2.71. The monoisotopic (exact) mass is 246 g/mol. The first kappa shape index (κ1) is 13.4. The van der Waals surface area contributed by atoms with Crippen LogP contribution in [-0.2, 0) is 6.42 Å². The number of rotatable bonds is 5. The molecule has 100 valence electrons. The maximum Gasteiger partial charge on any atom is 0.0399 e. The van der Waals surface area contributed by atoms with Crippen molar-refractivity contribution in [1.29, 1.82) is 0 Å². The van der Waals surface area contributed by atoms with Gasteiger partial charge in [0, 0.05) is 24.3 Å². The minimum Gasteiger partial charge on any atom is -0.371 e. The van der Waals surface area contributed by atoms with E-state index in [1.807, 2.05) is 0 Å². The zero-order valence-electron chi connectivity index (χ0n) is 12.0. The summed E-state index contributed by atoms with van der Waals surface area (Å²) in [6.45, 7) is 10.2. The van der Waals surface area contributed by atoms with Crippen molar-refractivity contribution < 1.29 is 0 Å². The maximum absolute atomic E-state index is 3.55. The van der Waals surface area contributed by atoms with Crippen molar-refractivity contribution in [1.82, 2.24) is 5.32 Å². The first-order valence-corrected chi connectivity index (χ1v) is 7.14. The molecular weight excluding hydrogens is 220 g/mol. The Morgan fingerprint density at radius 3 is 2.72 bits per heavy atom. The van der Waals surface area contributed by atoms with Crippen LogP contribution >= 0.6 is 0 Å². The molecule has 0 saturated heterocycles. The van der Waals surface area contributed by atoms with Crippen LogP contribution in [0.5, 0.6) is 0 Å². The predicted molar refractivity (Wildman–Crippen MR) is 79.3 cm³/mol. The second-order valence-electron chi connectivity index (χ2n) is 6.25. The first-order chi connectivity index (χ1) is 8.56. The Morgan fingerprint density at radius 1 is 1.17 bits per heavy atom. The molecule has 0 radical (unpaired) electrons. The molecule has 1 aromatic rings. The lowest BCUT2D eigenvalue weighted by molar-refractivity contribution is 0.419. The molecule has 0 fully saturated rings. The molecule has 0 unspecified atom stereocenters.